The topological polar surface area (TPSA) is 53.1 Å². The number of aromatic amines is 1. The molecule has 0 radical (unpaired) electrons. The lowest BCUT2D eigenvalue weighted by molar-refractivity contribution is -0.138. The van der Waals surface area contributed by atoms with E-state index >= 15 is 0 Å². The zero-order chi connectivity index (χ0) is 12.6. The third kappa shape index (κ3) is 2.29. The van der Waals surface area contributed by atoms with Gasteiger partial charge in [-0.2, -0.15) is 0 Å². The van der Waals surface area contributed by atoms with Crippen LogP contribution in [0.5, 0.6) is 0 Å². The number of rotatable bonds is 3. The fraction of sp³-hybridized carbons (Fsp3) is 0.308. The molecule has 4 heteroatoms. The van der Waals surface area contributed by atoms with E-state index in [9.17, 15) is 4.79 Å². The summed E-state index contributed by atoms with van der Waals surface area (Å²) in [6, 6.07) is 5.82. The molecule has 1 aromatic heterocycles. The Morgan fingerprint density at radius 2 is 2.18 bits per heavy atom. The number of aliphatic carboxylic acids is 1. The van der Waals surface area contributed by atoms with Crippen molar-refractivity contribution in [3.63, 3.8) is 0 Å². The quantitative estimate of drug-likeness (QED) is 0.876. The average molecular weight is 252 g/mol. The van der Waals surface area contributed by atoms with Crippen molar-refractivity contribution >= 4 is 28.5 Å². The number of hydrogen-bond acceptors (Lipinski definition) is 1. The van der Waals surface area contributed by atoms with Gasteiger partial charge in [0.15, 0.2) is 0 Å². The minimum atomic E-state index is -0.792. The number of halogens is 1. The molecule has 0 bridgehead atoms. The van der Waals surface area contributed by atoms with E-state index in [1.54, 1.807) is 6.20 Å². The summed E-state index contributed by atoms with van der Waals surface area (Å²) in [5.41, 5.74) is 1.54. The van der Waals surface area contributed by atoms with Gasteiger partial charge in [0.25, 0.3) is 0 Å². The first-order chi connectivity index (χ1) is 7.90. The van der Waals surface area contributed by atoms with Gasteiger partial charge in [-0.3, -0.25) is 4.79 Å². The zero-order valence-electron chi connectivity index (χ0n) is 9.75. The molecule has 17 heavy (non-hydrogen) atoms. The highest BCUT2D eigenvalue weighted by Gasteiger charge is 2.24. The number of benzene rings is 1. The van der Waals surface area contributed by atoms with Crippen LogP contribution in [0.15, 0.2) is 24.4 Å². The van der Waals surface area contributed by atoms with Gasteiger partial charge >= 0.3 is 5.97 Å². The Morgan fingerprint density at radius 1 is 1.47 bits per heavy atom. The van der Waals surface area contributed by atoms with E-state index < -0.39 is 11.4 Å². The summed E-state index contributed by atoms with van der Waals surface area (Å²) in [5.74, 6) is -0.792. The van der Waals surface area contributed by atoms with Crippen LogP contribution < -0.4 is 0 Å². The van der Waals surface area contributed by atoms with Gasteiger partial charge in [-0.15, -0.1) is 0 Å². The lowest BCUT2D eigenvalue weighted by Gasteiger charge is -2.23. The zero-order valence-corrected chi connectivity index (χ0v) is 10.5. The molecule has 2 aromatic rings. The molecule has 0 aliphatic carbocycles. The average Bonchev–Trinajstić information content (AvgIpc) is 2.58. The number of fused-ring (bicyclic) bond motifs is 1. The van der Waals surface area contributed by atoms with Gasteiger partial charge in [-0.1, -0.05) is 37.6 Å². The Morgan fingerprint density at radius 3 is 2.82 bits per heavy atom. The molecule has 0 unspecified atom stereocenters. The van der Waals surface area contributed by atoms with Crippen LogP contribution in [0, 0.1) is 0 Å². The summed E-state index contributed by atoms with van der Waals surface area (Å²) in [4.78, 5) is 13.9. The predicted molar refractivity (Wildman–Crippen MR) is 68.6 cm³/mol. The first kappa shape index (κ1) is 12.0. The molecular formula is C13H14ClNO2. The maximum Gasteiger partial charge on any atom is 0.304 e. The van der Waals surface area contributed by atoms with Crippen LogP contribution in [0.2, 0.25) is 5.02 Å². The Labute approximate surface area is 104 Å². The highest BCUT2D eigenvalue weighted by molar-refractivity contribution is 6.35. The summed E-state index contributed by atoms with van der Waals surface area (Å²) < 4.78 is 0. The minimum Gasteiger partial charge on any atom is -0.481 e. The number of nitrogens with one attached hydrogen (secondary N) is 1. The number of carboxylic acid groups (broad SMARTS) is 1. The van der Waals surface area contributed by atoms with Crippen LogP contribution in [-0.4, -0.2) is 16.1 Å². The second kappa shape index (κ2) is 4.08. The fourth-order valence-electron chi connectivity index (χ4n) is 1.99. The van der Waals surface area contributed by atoms with Crippen molar-refractivity contribution in [1.82, 2.24) is 4.98 Å². The van der Waals surface area contributed by atoms with Gasteiger partial charge in [0, 0.05) is 22.5 Å². The van der Waals surface area contributed by atoms with Crippen molar-refractivity contribution in [1.29, 1.82) is 0 Å². The molecule has 0 fully saturated rings. The lowest BCUT2D eigenvalue weighted by atomic mass is 9.81. The SMILES string of the molecule is CC(C)(CC(=O)O)c1ccc2c(Cl)c[nH]c2c1. The molecule has 0 saturated carbocycles. The number of hydrogen-bond donors (Lipinski definition) is 2. The summed E-state index contributed by atoms with van der Waals surface area (Å²) >= 11 is 6.00. The van der Waals surface area contributed by atoms with E-state index in [-0.39, 0.29) is 6.42 Å². The molecule has 3 nitrogen and oxygen atoms in total. The molecule has 0 atom stereocenters. The summed E-state index contributed by atoms with van der Waals surface area (Å²) in [7, 11) is 0. The molecule has 0 amide bonds. The van der Waals surface area contributed by atoms with Gasteiger partial charge in [0.1, 0.15) is 0 Å². The molecule has 0 aliphatic rings. The maximum atomic E-state index is 10.8. The first-order valence-corrected chi connectivity index (χ1v) is 5.77. The number of carbonyl (C=O) groups is 1. The first-order valence-electron chi connectivity index (χ1n) is 5.39. The van der Waals surface area contributed by atoms with Crippen molar-refractivity contribution in [2.45, 2.75) is 25.7 Å². The van der Waals surface area contributed by atoms with Gasteiger partial charge in [0.05, 0.1) is 11.4 Å². The van der Waals surface area contributed by atoms with Gasteiger partial charge < -0.3 is 10.1 Å². The van der Waals surface area contributed by atoms with Crippen LogP contribution in [0.1, 0.15) is 25.8 Å². The number of carboxylic acids is 1. The minimum absolute atomic E-state index is 0.104. The van der Waals surface area contributed by atoms with Gasteiger partial charge in [-0.25, -0.2) is 0 Å². The second-order valence-electron chi connectivity index (χ2n) is 4.85. The summed E-state index contributed by atoms with van der Waals surface area (Å²) in [6.45, 7) is 3.85. The van der Waals surface area contributed by atoms with Crippen molar-refractivity contribution in [3.05, 3.63) is 35.0 Å². The van der Waals surface area contributed by atoms with Crippen molar-refractivity contribution in [2.75, 3.05) is 0 Å². The molecule has 1 heterocycles. The summed E-state index contributed by atoms with van der Waals surface area (Å²) in [5, 5.41) is 10.5. The number of H-pyrrole nitrogens is 1. The molecule has 90 valence electrons. The lowest BCUT2D eigenvalue weighted by Crippen LogP contribution is -2.21. The third-order valence-electron chi connectivity index (χ3n) is 3.01. The maximum absolute atomic E-state index is 10.8. The van der Waals surface area contributed by atoms with Gasteiger partial charge in [0.2, 0.25) is 0 Å². The third-order valence-corrected chi connectivity index (χ3v) is 3.32. The normalized spacial score (nSPS) is 11.9. The standard InChI is InChI=1S/C13H14ClNO2/c1-13(2,6-12(16)17)8-3-4-9-10(14)7-15-11(9)5-8/h3-5,7,15H,6H2,1-2H3,(H,16,17). The highest BCUT2D eigenvalue weighted by Crippen LogP contribution is 2.31. The smallest absolute Gasteiger partial charge is 0.304 e. The van der Waals surface area contributed by atoms with Gasteiger partial charge in [-0.05, 0) is 11.6 Å². The Hall–Kier alpha value is -1.48. The van der Waals surface area contributed by atoms with Crippen LogP contribution in [0.3, 0.4) is 0 Å². The van der Waals surface area contributed by atoms with Crippen molar-refractivity contribution < 1.29 is 9.90 Å². The van der Waals surface area contributed by atoms with Crippen molar-refractivity contribution in [3.8, 4) is 0 Å². The highest BCUT2D eigenvalue weighted by atomic mass is 35.5. The van der Waals surface area contributed by atoms with E-state index in [1.165, 1.54) is 0 Å². The largest absolute Gasteiger partial charge is 0.481 e. The molecular weight excluding hydrogens is 238 g/mol. The molecule has 2 N–H and O–H groups in total. The van der Waals surface area contributed by atoms with E-state index in [1.807, 2.05) is 32.0 Å². The van der Waals surface area contributed by atoms with E-state index in [4.69, 9.17) is 16.7 Å². The molecule has 0 spiro atoms. The molecule has 0 saturated heterocycles. The van der Waals surface area contributed by atoms with E-state index in [2.05, 4.69) is 4.98 Å². The monoisotopic (exact) mass is 251 g/mol. The number of aromatic nitrogens is 1. The Balaban J connectivity index is 2.45. The van der Waals surface area contributed by atoms with Crippen LogP contribution in [0.4, 0.5) is 0 Å². The van der Waals surface area contributed by atoms with E-state index in [0.717, 1.165) is 16.5 Å². The molecule has 2 rings (SSSR count). The molecule has 1 aromatic carbocycles. The van der Waals surface area contributed by atoms with E-state index in [0.29, 0.717) is 5.02 Å². The van der Waals surface area contributed by atoms with Crippen LogP contribution in [-0.2, 0) is 10.2 Å². The molecule has 0 aliphatic heterocycles. The van der Waals surface area contributed by atoms with Crippen LogP contribution >= 0.6 is 11.6 Å². The second-order valence-corrected chi connectivity index (χ2v) is 5.26. The Bertz CT molecular complexity index is 572. The van der Waals surface area contributed by atoms with Crippen LogP contribution in [0.25, 0.3) is 10.9 Å². The fourth-order valence-corrected chi connectivity index (χ4v) is 2.21. The Kier molecular flexibility index (Phi) is 2.87. The summed E-state index contributed by atoms with van der Waals surface area (Å²) in [6.07, 6.45) is 1.84. The predicted octanol–water partition coefficient (Wildman–Crippen LogP) is 3.57. The van der Waals surface area contributed by atoms with Crippen molar-refractivity contribution in [2.24, 2.45) is 0 Å².